The summed E-state index contributed by atoms with van der Waals surface area (Å²) in [5, 5.41) is 4.77. The van der Waals surface area contributed by atoms with E-state index in [4.69, 9.17) is 0 Å². The molecule has 2 heterocycles. The Balaban J connectivity index is 1.87. The van der Waals surface area contributed by atoms with Gasteiger partial charge in [-0.05, 0) is 23.9 Å². The van der Waals surface area contributed by atoms with E-state index in [-0.39, 0.29) is 11.5 Å². The van der Waals surface area contributed by atoms with Crippen LogP contribution in [0, 0.1) is 0 Å². The molecule has 2 aromatic heterocycles. The number of aromatic nitrogens is 1. The molecule has 5 heteroatoms. The van der Waals surface area contributed by atoms with Crippen LogP contribution in [0.4, 0.5) is 0 Å². The maximum atomic E-state index is 11.6. The van der Waals surface area contributed by atoms with Crippen LogP contribution in [-0.4, -0.2) is 17.4 Å². The summed E-state index contributed by atoms with van der Waals surface area (Å²) in [6.45, 7) is 0.566. The van der Waals surface area contributed by atoms with Gasteiger partial charge in [0.2, 0.25) is 5.56 Å². The summed E-state index contributed by atoms with van der Waals surface area (Å²) in [6.07, 6.45) is 0.806. The molecule has 88 valence electrons. The first kappa shape index (κ1) is 11.6. The number of carbonyl (C=O) groups is 1. The second-order valence-corrected chi connectivity index (χ2v) is 4.55. The summed E-state index contributed by atoms with van der Waals surface area (Å²) in [4.78, 5) is 26.4. The fourth-order valence-electron chi connectivity index (χ4n) is 1.43. The van der Waals surface area contributed by atoms with Crippen molar-refractivity contribution in [2.45, 2.75) is 6.42 Å². The quantitative estimate of drug-likeness (QED) is 0.859. The number of rotatable bonds is 4. The Morgan fingerprint density at radius 3 is 2.88 bits per heavy atom. The van der Waals surface area contributed by atoms with E-state index in [0.717, 1.165) is 6.42 Å². The number of nitrogens with one attached hydrogen (secondary N) is 2. The monoisotopic (exact) mass is 248 g/mol. The van der Waals surface area contributed by atoms with Gasteiger partial charge in [0.1, 0.15) is 5.69 Å². The van der Waals surface area contributed by atoms with E-state index in [1.165, 1.54) is 10.9 Å². The molecule has 0 saturated heterocycles. The number of H-pyrrole nitrogens is 1. The minimum Gasteiger partial charge on any atom is -0.350 e. The molecule has 0 aromatic carbocycles. The Labute approximate surface area is 102 Å². The third kappa shape index (κ3) is 3.29. The van der Waals surface area contributed by atoms with Gasteiger partial charge in [0.05, 0.1) is 0 Å². The molecule has 4 nitrogen and oxygen atoms in total. The maximum absolute atomic E-state index is 11.6. The van der Waals surface area contributed by atoms with Crippen LogP contribution in [0.15, 0.2) is 40.5 Å². The number of pyridine rings is 1. The Bertz CT molecular complexity index is 546. The van der Waals surface area contributed by atoms with Gasteiger partial charge in [0, 0.05) is 17.5 Å². The SMILES string of the molecule is O=C(NCCc1cccs1)c1cccc(=O)[nH]1. The molecule has 2 N–H and O–H groups in total. The highest BCUT2D eigenvalue weighted by Gasteiger charge is 2.05. The smallest absolute Gasteiger partial charge is 0.267 e. The number of thiophene rings is 1. The normalized spacial score (nSPS) is 10.1. The topological polar surface area (TPSA) is 62.0 Å². The first-order valence-corrected chi connectivity index (χ1v) is 6.13. The van der Waals surface area contributed by atoms with E-state index in [2.05, 4.69) is 10.3 Å². The number of amides is 1. The molecule has 2 rings (SSSR count). The van der Waals surface area contributed by atoms with E-state index in [1.807, 2.05) is 17.5 Å². The summed E-state index contributed by atoms with van der Waals surface area (Å²) in [5.74, 6) is -0.251. The predicted molar refractivity (Wildman–Crippen MR) is 67.4 cm³/mol. The van der Waals surface area contributed by atoms with Gasteiger partial charge in [-0.25, -0.2) is 0 Å². The van der Waals surface area contributed by atoms with Crippen molar-refractivity contribution in [2.75, 3.05) is 6.54 Å². The van der Waals surface area contributed by atoms with Crippen LogP contribution in [0.5, 0.6) is 0 Å². The lowest BCUT2D eigenvalue weighted by molar-refractivity contribution is 0.0949. The second kappa shape index (κ2) is 5.45. The van der Waals surface area contributed by atoms with E-state index >= 15 is 0 Å². The average Bonchev–Trinajstić information content (AvgIpc) is 2.82. The van der Waals surface area contributed by atoms with Crippen molar-refractivity contribution in [1.29, 1.82) is 0 Å². The molecule has 0 bridgehead atoms. The van der Waals surface area contributed by atoms with Crippen LogP contribution < -0.4 is 10.9 Å². The fraction of sp³-hybridized carbons (Fsp3) is 0.167. The Kier molecular flexibility index (Phi) is 3.72. The largest absolute Gasteiger partial charge is 0.350 e. The van der Waals surface area contributed by atoms with E-state index in [0.29, 0.717) is 12.2 Å². The Morgan fingerprint density at radius 2 is 2.18 bits per heavy atom. The Morgan fingerprint density at radius 1 is 1.29 bits per heavy atom. The van der Waals surface area contributed by atoms with Crippen LogP contribution in [0.3, 0.4) is 0 Å². The summed E-state index contributed by atoms with van der Waals surface area (Å²) in [7, 11) is 0. The van der Waals surface area contributed by atoms with Crippen molar-refractivity contribution in [1.82, 2.24) is 10.3 Å². The standard InChI is InChI=1S/C12H12N2O2S/c15-11-5-1-4-10(14-11)12(16)13-7-6-9-3-2-8-17-9/h1-5,8H,6-7H2,(H,13,16)(H,14,15). The average molecular weight is 248 g/mol. The number of hydrogen-bond acceptors (Lipinski definition) is 3. The lowest BCUT2D eigenvalue weighted by Gasteiger charge is -2.03. The van der Waals surface area contributed by atoms with Gasteiger partial charge in [-0.15, -0.1) is 11.3 Å². The second-order valence-electron chi connectivity index (χ2n) is 3.51. The lowest BCUT2D eigenvalue weighted by Crippen LogP contribution is -2.27. The summed E-state index contributed by atoms with van der Waals surface area (Å²) in [6, 6.07) is 8.54. The van der Waals surface area contributed by atoms with Crippen LogP contribution in [0.2, 0.25) is 0 Å². The Hall–Kier alpha value is -1.88. The molecule has 0 spiro atoms. The molecular formula is C12H12N2O2S. The molecule has 17 heavy (non-hydrogen) atoms. The van der Waals surface area contributed by atoms with Gasteiger partial charge < -0.3 is 10.3 Å². The number of aromatic amines is 1. The lowest BCUT2D eigenvalue weighted by atomic mass is 10.3. The minimum absolute atomic E-state index is 0.251. The molecule has 0 unspecified atom stereocenters. The van der Waals surface area contributed by atoms with Crippen molar-refractivity contribution >= 4 is 17.2 Å². The molecule has 0 aliphatic rings. The van der Waals surface area contributed by atoms with Gasteiger partial charge in [-0.1, -0.05) is 12.1 Å². The first-order valence-electron chi connectivity index (χ1n) is 5.25. The molecule has 0 atom stereocenters. The van der Waals surface area contributed by atoms with Crippen molar-refractivity contribution < 1.29 is 4.79 Å². The first-order chi connectivity index (χ1) is 8.25. The van der Waals surface area contributed by atoms with E-state index in [1.54, 1.807) is 23.5 Å². The van der Waals surface area contributed by atoms with Crippen LogP contribution in [-0.2, 0) is 6.42 Å². The van der Waals surface area contributed by atoms with Crippen molar-refractivity contribution in [2.24, 2.45) is 0 Å². The molecule has 0 saturated carbocycles. The summed E-state index contributed by atoms with van der Waals surface area (Å²) in [5.41, 5.74) is 0.0274. The van der Waals surface area contributed by atoms with Crippen molar-refractivity contribution in [3.8, 4) is 0 Å². The van der Waals surface area contributed by atoms with Crippen molar-refractivity contribution in [3.05, 3.63) is 56.6 Å². The zero-order valence-electron chi connectivity index (χ0n) is 9.10. The molecule has 0 radical (unpaired) electrons. The van der Waals surface area contributed by atoms with Gasteiger partial charge in [0.25, 0.3) is 5.91 Å². The number of hydrogen-bond donors (Lipinski definition) is 2. The zero-order chi connectivity index (χ0) is 12.1. The number of carbonyl (C=O) groups excluding carboxylic acids is 1. The fourth-order valence-corrected chi connectivity index (χ4v) is 2.14. The predicted octanol–water partition coefficient (Wildman–Crippen LogP) is 1.41. The van der Waals surface area contributed by atoms with Crippen LogP contribution in [0.25, 0.3) is 0 Å². The third-order valence-electron chi connectivity index (χ3n) is 2.25. The maximum Gasteiger partial charge on any atom is 0.267 e. The van der Waals surface area contributed by atoms with Crippen LogP contribution in [0.1, 0.15) is 15.4 Å². The zero-order valence-corrected chi connectivity index (χ0v) is 9.92. The van der Waals surface area contributed by atoms with E-state index < -0.39 is 0 Å². The molecule has 0 aliphatic carbocycles. The van der Waals surface area contributed by atoms with Gasteiger partial charge in [-0.3, -0.25) is 9.59 Å². The van der Waals surface area contributed by atoms with Gasteiger partial charge in [0.15, 0.2) is 0 Å². The highest BCUT2D eigenvalue weighted by Crippen LogP contribution is 2.08. The highest BCUT2D eigenvalue weighted by molar-refractivity contribution is 7.09. The molecule has 0 aliphatic heterocycles. The summed E-state index contributed by atoms with van der Waals surface area (Å²) >= 11 is 1.66. The minimum atomic E-state index is -0.268. The highest BCUT2D eigenvalue weighted by atomic mass is 32.1. The van der Waals surface area contributed by atoms with Gasteiger partial charge >= 0.3 is 0 Å². The van der Waals surface area contributed by atoms with Crippen LogP contribution >= 0.6 is 11.3 Å². The third-order valence-corrected chi connectivity index (χ3v) is 3.19. The summed E-state index contributed by atoms with van der Waals surface area (Å²) < 4.78 is 0. The van der Waals surface area contributed by atoms with Gasteiger partial charge in [-0.2, -0.15) is 0 Å². The molecule has 1 amide bonds. The molecular weight excluding hydrogens is 236 g/mol. The van der Waals surface area contributed by atoms with Crippen molar-refractivity contribution in [3.63, 3.8) is 0 Å². The van der Waals surface area contributed by atoms with E-state index in [9.17, 15) is 9.59 Å². The molecule has 2 aromatic rings. The molecule has 0 fully saturated rings.